The summed E-state index contributed by atoms with van der Waals surface area (Å²) in [7, 11) is 1.69. The largest absolute Gasteiger partial charge is 0.496 e. The molecule has 2 nitrogen and oxygen atoms in total. The summed E-state index contributed by atoms with van der Waals surface area (Å²) in [5.74, 6) is 0.929. The van der Waals surface area contributed by atoms with Gasteiger partial charge < -0.3 is 10.1 Å². The molecule has 0 spiro atoms. The molecule has 1 N–H and O–H groups in total. The first kappa shape index (κ1) is 13.9. The Morgan fingerprint density at radius 1 is 1.05 bits per heavy atom. The summed E-state index contributed by atoms with van der Waals surface area (Å²) in [5.41, 5.74) is 3.60. The molecule has 0 aliphatic carbocycles. The van der Waals surface area contributed by atoms with E-state index in [1.54, 1.807) is 7.11 Å². The van der Waals surface area contributed by atoms with Crippen LogP contribution >= 0.6 is 11.6 Å². The summed E-state index contributed by atoms with van der Waals surface area (Å²) < 4.78 is 5.25. The number of hydrogen-bond donors (Lipinski definition) is 1. The van der Waals surface area contributed by atoms with Gasteiger partial charge in [0.1, 0.15) is 5.75 Å². The molecule has 0 saturated heterocycles. The number of methoxy groups -OCH3 is 1. The van der Waals surface area contributed by atoms with E-state index in [0.717, 1.165) is 29.4 Å². The first-order chi connectivity index (χ1) is 9.19. The molecule has 2 aromatic carbocycles. The lowest BCUT2D eigenvalue weighted by Crippen LogP contribution is -2.12. The minimum atomic E-state index is 0.777. The van der Waals surface area contributed by atoms with Crippen LogP contribution in [0.5, 0.6) is 5.75 Å². The van der Waals surface area contributed by atoms with E-state index in [-0.39, 0.29) is 0 Å². The number of hydrogen-bond acceptors (Lipinski definition) is 2. The number of ether oxygens (including phenoxy) is 1. The highest BCUT2D eigenvalue weighted by Gasteiger charge is 2.00. The van der Waals surface area contributed by atoms with Crippen LogP contribution in [-0.4, -0.2) is 7.11 Å². The minimum Gasteiger partial charge on any atom is -0.496 e. The first-order valence-electron chi connectivity index (χ1n) is 6.27. The SMILES string of the molecule is COc1ccc(CNCc2cccc(Cl)c2)cc1C. The molecule has 0 saturated carbocycles. The van der Waals surface area contributed by atoms with Gasteiger partial charge in [0.25, 0.3) is 0 Å². The summed E-state index contributed by atoms with van der Waals surface area (Å²) in [6, 6.07) is 14.1. The quantitative estimate of drug-likeness (QED) is 0.892. The van der Waals surface area contributed by atoms with Gasteiger partial charge in [0.2, 0.25) is 0 Å². The maximum atomic E-state index is 5.95. The number of nitrogens with one attached hydrogen (secondary N) is 1. The Bertz CT molecular complexity index is 554. The van der Waals surface area contributed by atoms with Gasteiger partial charge in [-0.05, 0) is 41.8 Å². The zero-order valence-electron chi connectivity index (χ0n) is 11.2. The van der Waals surface area contributed by atoms with Crippen molar-refractivity contribution in [2.75, 3.05) is 7.11 Å². The zero-order valence-corrected chi connectivity index (χ0v) is 12.0. The van der Waals surface area contributed by atoms with Crippen molar-refractivity contribution in [2.45, 2.75) is 20.0 Å². The predicted octanol–water partition coefficient (Wildman–Crippen LogP) is 3.95. The van der Waals surface area contributed by atoms with E-state index < -0.39 is 0 Å². The predicted molar refractivity (Wildman–Crippen MR) is 79.7 cm³/mol. The first-order valence-corrected chi connectivity index (χ1v) is 6.65. The monoisotopic (exact) mass is 275 g/mol. The van der Waals surface area contributed by atoms with Gasteiger partial charge in [-0.3, -0.25) is 0 Å². The van der Waals surface area contributed by atoms with Crippen molar-refractivity contribution in [3.63, 3.8) is 0 Å². The molecule has 0 atom stereocenters. The lowest BCUT2D eigenvalue weighted by atomic mass is 10.1. The Morgan fingerprint density at radius 3 is 2.42 bits per heavy atom. The normalized spacial score (nSPS) is 10.5. The van der Waals surface area contributed by atoms with Crippen molar-refractivity contribution in [1.29, 1.82) is 0 Å². The van der Waals surface area contributed by atoms with Crippen LogP contribution in [0.2, 0.25) is 5.02 Å². The van der Waals surface area contributed by atoms with E-state index >= 15 is 0 Å². The number of benzene rings is 2. The van der Waals surface area contributed by atoms with E-state index in [1.807, 2.05) is 24.3 Å². The van der Waals surface area contributed by atoms with Crippen LogP contribution < -0.4 is 10.1 Å². The second-order valence-corrected chi connectivity index (χ2v) is 4.97. The van der Waals surface area contributed by atoms with Crippen molar-refractivity contribution in [3.05, 3.63) is 64.2 Å². The minimum absolute atomic E-state index is 0.777. The average Bonchev–Trinajstić information content (AvgIpc) is 2.39. The fraction of sp³-hybridized carbons (Fsp3) is 0.250. The van der Waals surface area contributed by atoms with Gasteiger partial charge in [0.05, 0.1) is 7.11 Å². The topological polar surface area (TPSA) is 21.3 Å². The fourth-order valence-electron chi connectivity index (χ4n) is 2.05. The van der Waals surface area contributed by atoms with Crippen LogP contribution in [0.25, 0.3) is 0 Å². The van der Waals surface area contributed by atoms with E-state index in [1.165, 1.54) is 11.1 Å². The maximum absolute atomic E-state index is 5.95. The molecule has 0 unspecified atom stereocenters. The molecule has 2 aromatic rings. The Hall–Kier alpha value is -1.51. The van der Waals surface area contributed by atoms with Gasteiger partial charge in [0, 0.05) is 18.1 Å². The van der Waals surface area contributed by atoms with Crippen molar-refractivity contribution in [2.24, 2.45) is 0 Å². The molecular weight excluding hydrogens is 258 g/mol. The third-order valence-corrected chi connectivity index (χ3v) is 3.24. The highest BCUT2D eigenvalue weighted by Crippen LogP contribution is 2.18. The van der Waals surface area contributed by atoms with Crippen LogP contribution in [0, 0.1) is 6.92 Å². The van der Waals surface area contributed by atoms with Gasteiger partial charge in [-0.2, -0.15) is 0 Å². The van der Waals surface area contributed by atoms with Crippen molar-refractivity contribution in [3.8, 4) is 5.75 Å². The third kappa shape index (κ3) is 3.98. The van der Waals surface area contributed by atoms with Crippen LogP contribution in [0.15, 0.2) is 42.5 Å². The van der Waals surface area contributed by atoms with Crippen molar-refractivity contribution < 1.29 is 4.74 Å². The Balaban J connectivity index is 1.90. The molecule has 2 rings (SSSR count). The summed E-state index contributed by atoms with van der Waals surface area (Å²) in [6.07, 6.45) is 0. The third-order valence-electron chi connectivity index (χ3n) is 3.01. The molecule has 3 heteroatoms. The van der Waals surface area contributed by atoms with E-state index in [9.17, 15) is 0 Å². The smallest absolute Gasteiger partial charge is 0.121 e. The number of halogens is 1. The standard InChI is InChI=1S/C16H18ClNO/c1-12-8-14(6-7-16(12)19-2)11-18-10-13-4-3-5-15(17)9-13/h3-9,18H,10-11H2,1-2H3. The summed E-state index contributed by atoms with van der Waals surface area (Å²) >= 11 is 5.95. The Morgan fingerprint density at radius 2 is 1.79 bits per heavy atom. The van der Waals surface area contributed by atoms with Crippen LogP contribution in [-0.2, 0) is 13.1 Å². The highest BCUT2D eigenvalue weighted by atomic mass is 35.5. The van der Waals surface area contributed by atoms with Crippen LogP contribution in [0.1, 0.15) is 16.7 Å². The maximum Gasteiger partial charge on any atom is 0.121 e. The molecule has 0 amide bonds. The number of rotatable bonds is 5. The second kappa shape index (κ2) is 6.60. The molecule has 0 radical (unpaired) electrons. The fourth-order valence-corrected chi connectivity index (χ4v) is 2.26. The summed E-state index contributed by atoms with van der Waals surface area (Å²) in [5, 5.41) is 4.19. The van der Waals surface area contributed by atoms with Gasteiger partial charge in [-0.25, -0.2) is 0 Å². The molecule has 0 fully saturated rings. The van der Waals surface area contributed by atoms with Gasteiger partial charge >= 0.3 is 0 Å². The summed E-state index contributed by atoms with van der Waals surface area (Å²) in [4.78, 5) is 0. The molecule has 100 valence electrons. The van der Waals surface area contributed by atoms with Gasteiger partial charge in [-0.1, -0.05) is 35.9 Å². The van der Waals surface area contributed by atoms with Crippen molar-refractivity contribution >= 4 is 11.6 Å². The van der Waals surface area contributed by atoms with E-state index in [0.29, 0.717) is 0 Å². The van der Waals surface area contributed by atoms with Gasteiger partial charge in [-0.15, -0.1) is 0 Å². The molecule has 0 aliphatic heterocycles. The zero-order chi connectivity index (χ0) is 13.7. The molecule has 0 bridgehead atoms. The molecule has 0 heterocycles. The van der Waals surface area contributed by atoms with Gasteiger partial charge in [0.15, 0.2) is 0 Å². The Kier molecular flexibility index (Phi) is 4.83. The van der Waals surface area contributed by atoms with Crippen molar-refractivity contribution in [1.82, 2.24) is 5.32 Å². The average molecular weight is 276 g/mol. The van der Waals surface area contributed by atoms with E-state index in [2.05, 4.69) is 30.4 Å². The molecule has 0 aliphatic rings. The highest BCUT2D eigenvalue weighted by molar-refractivity contribution is 6.30. The number of aryl methyl sites for hydroxylation is 1. The molecular formula is C16H18ClNO. The lowest BCUT2D eigenvalue weighted by Gasteiger charge is -2.09. The Labute approximate surface area is 119 Å². The molecule has 19 heavy (non-hydrogen) atoms. The summed E-state index contributed by atoms with van der Waals surface area (Å²) in [6.45, 7) is 3.70. The van der Waals surface area contributed by atoms with Crippen LogP contribution in [0.4, 0.5) is 0 Å². The van der Waals surface area contributed by atoms with Crippen LogP contribution in [0.3, 0.4) is 0 Å². The second-order valence-electron chi connectivity index (χ2n) is 4.54. The molecule has 0 aromatic heterocycles. The van der Waals surface area contributed by atoms with E-state index in [4.69, 9.17) is 16.3 Å². The lowest BCUT2D eigenvalue weighted by molar-refractivity contribution is 0.411.